The number of aliphatic hydroxyl groups excluding tert-OH is 1. The van der Waals surface area contributed by atoms with Crippen LogP contribution in [0.5, 0.6) is 0 Å². The van der Waals surface area contributed by atoms with Crippen LogP contribution in [0.1, 0.15) is 16.1 Å². The van der Waals surface area contributed by atoms with Crippen LogP contribution in [0, 0.1) is 0 Å². The van der Waals surface area contributed by atoms with E-state index in [1.807, 2.05) is 0 Å². The molecule has 0 aliphatic carbocycles. The van der Waals surface area contributed by atoms with Gasteiger partial charge in [-0.2, -0.15) is 5.10 Å². The second-order valence-electron chi connectivity index (χ2n) is 3.39. The number of nitrogens with zero attached hydrogens (tertiary/aromatic N) is 2. The minimum Gasteiger partial charge on any atom is -0.476 e. The third kappa shape index (κ3) is 2.30. The smallest absolute Gasteiger partial charge is 0.356 e. The average Bonchev–Trinajstić information content (AvgIpc) is 2.73. The molecule has 0 saturated heterocycles. The molecular weight excluding hydrogens is 244 g/mol. The minimum absolute atomic E-state index is 0.160. The lowest BCUT2D eigenvalue weighted by Crippen LogP contribution is -2.02. The van der Waals surface area contributed by atoms with Gasteiger partial charge in [-0.1, -0.05) is 17.7 Å². The Morgan fingerprint density at radius 3 is 2.76 bits per heavy atom. The number of carbonyl (C=O) groups is 1. The van der Waals surface area contributed by atoms with Crippen LogP contribution in [-0.4, -0.2) is 26.0 Å². The first-order chi connectivity index (χ1) is 8.11. The lowest BCUT2D eigenvalue weighted by atomic mass is 10.2. The molecule has 0 saturated carbocycles. The fraction of sp³-hybridized carbons (Fsp3) is 0.0909. The van der Waals surface area contributed by atoms with Crippen molar-refractivity contribution in [2.45, 2.75) is 6.61 Å². The summed E-state index contributed by atoms with van der Waals surface area (Å²) in [4.78, 5) is 10.9. The molecule has 0 radical (unpaired) electrons. The highest BCUT2D eigenvalue weighted by Gasteiger charge is 2.15. The van der Waals surface area contributed by atoms with Crippen molar-refractivity contribution in [2.24, 2.45) is 0 Å². The van der Waals surface area contributed by atoms with Gasteiger partial charge in [-0.25, -0.2) is 9.48 Å². The van der Waals surface area contributed by atoms with Crippen LogP contribution in [0.3, 0.4) is 0 Å². The Kier molecular flexibility index (Phi) is 3.12. The van der Waals surface area contributed by atoms with E-state index in [2.05, 4.69) is 5.10 Å². The Labute approximate surface area is 102 Å². The molecule has 0 aliphatic heterocycles. The predicted molar refractivity (Wildman–Crippen MR) is 61.5 cm³/mol. The van der Waals surface area contributed by atoms with Gasteiger partial charge in [0.2, 0.25) is 0 Å². The molecule has 1 heterocycles. The molecule has 0 fully saturated rings. The summed E-state index contributed by atoms with van der Waals surface area (Å²) in [7, 11) is 0. The molecule has 0 spiro atoms. The van der Waals surface area contributed by atoms with E-state index in [-0.39, 0.29) is 17.9 Å². The molecule has 1 aromatic heterocycles. The van der Waals surface area contributed by atoms with Gasteiger partial charge in [-0.15, -0.1) is 0 Å². The number of aromatic carboxylic acids is 1. The van der Waals surface area contributed by atoms with Crippen molar-refractivity contribution in [3.63, 3.8) is 0 Å². The number of benzene rings is 1. The van der Waals surface area contributed by atoms with Gasteiger partial charge >= 0.3 is 5.97 Å². The molecule has 2 aromatic rings. The molecule has 0 bridgehead atoms. The van der Waals surface area contributed by atoms with Gasteiger partial charge in [0.05, 0.1) is 12.3 Å². The number of aromatic nitrogens is 2. The molecule has 88 valence electrons. The van der Waals surface area contributed by atoms with Crippen molar-refractivity contribution in [1.82, 2.24) is 9.78 Å². The molecule has 2 N–H and O–H groups in total. The summed E-state index contributed by atoms with van der Waals surface area (Å²) >= 11 is 5.83. The van der Waals surface area contributed by atoms with E-state index in [1.165, 1.54) is 10.9 Å². The molecule has 6 heteroatoms. The largest absolute Gasteiger partial charge is 0.476 e. The molecule has 2 rings (SSSR count). The first-order valence-electron chi connectivity index (χ1n) is 4.80. The van der Waals surface area contributed by atoms with Gasteiger partial charge in [0.1, 0.15) is 0 Å². The summed E-state index contributed by atoms with van der Waals surface area (Å²) in [6, 6.07) is 6.84. The number of carboxylic acid groups (broad SMARTS) is 1. The molecule has 1 aromatic carbocycles. The third-order valence-electron chi connectivity index (χ3n) is 2.24. The second kappa shape index (κ2) is 4.57. The summed E-state index contributed by atoms with van der Waals surface area (Å²) in [5, 5.41) is 22.4. The SMILES string of the molecule is O=C(O)c1nn(-c2cccc(Cl)c2)cc1CO. The van der Waals surface area contributed by atoms with E-state index in [1.54, 1.807) is 24.3 Å². The minimum atomic E-state index is -1.17. The van der Waals surface area contributed by atoms with Crippen LogP contribution >= 0.6 is 11.6 Å². The van der Waals surface area contributed by atoms with Crippen LogP contribution in [0.2, 0.25) is 5.02 Å². The van der Waals surface area contributed by atoms with Gasteiger partial charge in [0, 0.05) is 16.8 Å². The highest BCUT2D eigenvalue weighted by atomic mass is 35.5. The van der Waals surface area contributed by atoms with Gasteiger partial charge in [0.25, 0.3) is 0 Å². The van der Waals surface area contributed by atoms with Crippen molar-refractivity contribution in [3.8, 4) is 5.69 Å². The first-order valence-corrected chi connectivity index (χ1v) is 5.18. The van der Waals surface area contributed by atoms with E-state index in [9.17, 15) is 4.79 Å². The second-order valence-corrected chi connectivity index (χ2v) is 3.83. The Bertz CT molecular complexity index is 566. The van der Waals surface area contributed by atoms with Crippen LogP contribution in [0.4, 0.5) is 0 Å². The number of rotatable bonds is 3. The Balaban J connectivity index is 2.50. The fourth-order valence-electron chi connectivity index (χ4n) is 1.46. The summed E-state index contributed by atoms with van der Waals surface area (Å²) < 4.78 is 1.38. The maximum Gasteiger partial charge on any atom is 0.356 e. The number of halogens is 1. The van der Waals surface area contributed by atoms with Crippen LogP contribution in [-0.2, 0) is 6.61 Å². The zero-order chi connectivity index (χ0) is 12.4. The lowest BCUT2D eigenvalue weighted by Gasteiger charge is -2.00. The van der Waals surface area contributed by atoms with Crippen molar-refractivity contribution in [3.05, 3.63) is 46.7 Å². The van der Waals surface area contributed by atoms with Gasteiger partial charge in [0.15, 0.2) is 5.69 Å². The fourth-order valence-corrected chi connectivity index (χ4v) is 1.64. The van der Waals surface area contributed by atoms with Crippen LogP contribution in [0.15, 0.2) is 30.5 Å². The van der Waals surface area contributed by atoms with Gasteiger partial charge < -0.3 is 10.2 Å². The van der Waals surface area contributed by atoms with Gasteiger partial charge in [-0.05, 0) is 18.2 Å². The van der Waals surface area contributed by atoms with Crippen LogP contribution < -0.4 is 0 Å². The third-order valence-corrected chi connectivity index (χ3v) is 2.47. The zero-order valence-electron chi connectivity index (χ0n) is 8.67. The molecule has 0 unspecified atom stereocenters. The average molecular weight is 253 g/mol. The van der Waals surface area contributed by atoms with E-state index in [0.717, 1.165) is 0 Å². The van der Waals surface area contributed by atoms with Crippen molar-refractivity contribution in [1.29, 1.82) is 0 Å². The summed E-state index contributed by atoms with van der Waals surface area (Å²) in [5.41, 5.74) is 0.740. The molecule has 5 nitrogen and oxygen atoms in total. The predicted octanol–water partition coefficient (Wildman–Crippen LogP) is 1.72. The van der Waals surface area contributed by atoms with Crippen molar-refractivity contribution in [2.75, 3.05) is 0 Å². The van der Waals surface area contributed by atoms with Crippen molar-refractivity contribution >= 4 is 17.6 Å². The summed E-state index contributed by atoms with van der Waals surface area (Å²) in [6.07, 6.45) is 1.47. The molecule has 0 amide bonds. The zero-order valence-corrected chi connectivity index (χ0v) is 9.42. The molecular formula is C11H9ClN2O3. The van der Waals surface area contributed by atoms with E-state index in [4.69, 9.17) is 21.8 Å². The lowest BCUT2D eigenvalue weighted by molar-refractivity contribution is 0.0686. The first kappa shape index (κ1) is 11.6. The normalized spacial score (nSPS) is 10.5. The monoisotopic (exact) mass is 252 g/mol. The number of carboxylic acids is 1. The van der Waals surface area contributed by atoms with Crippen LogP contribution in [0.25, 0.3) is 5.69 Å². The quantitative estimate of drug-likeness (QED) is 0.872. The maximum absolute atomic E-state index is 10.9. The molecule has 17 heavy (non-hydrogen) atoms. The summed E-state index contributed by atoms with van der Waals surface area (Å²) in [6.45, 7) is -0.373. The topological polar surface area (TPSA) is 75.3 Å². The Hall–Kier alpha value is -1.85. The standard InChI is InChI=1S/C11H9ClN2O3/c12-8-2-1-3-9(4-8)14-5-7(6-15)10(13-14)11(16)17/h1-5,15H,6H2,(H,16,17). The number of aliphatic hydroxyl groups is 1. The maximum atomic E-state index is 10.9. The Morgan fingerprint density at radius 2 is 2.24 bits per heavy atom. The molecule has 0 atom stereocenters. The van der Waals surface area contributed by atoms with E-state index < -0.39 is 5.97 Å². The number of hydrogen-bond donors (Lipinski definition) is 2. The highest BCUT2D eigenvalue weighted by Crippen LogP contribution is 2.16. The van der Waals surface area contributed by atoms with Gasteiger partial charge in [-0.3, -0.25) is 0 Å². The Morgan fingerprint density at radius 1 is 1.47 bits per heavy atom. The van der Waals surface area contributed by atoms with E-state index >= 15 is 0 Å². The summed E-state index contributed by atoms with van der Waals surface area (Å²) in [5.74, 6) is -1.17. The highest BCUT2D eigenvalue weighted by molar-refractivity contribution is 6.30. The van der Waals surface area contributed by atoms with Crippen molar-refractivity contribution < 1.29 is 15.0 Å². The van der Waals surface area contributed by atoms with E-state index in [0.29, 0.717) is 10.7 Å². The molecule has 0 aliphatic rings. The number of hydrogen-bond acceptors (Lipinski definition) is 3.